The van der Waals surface area contributed by atoms with Crippen LogP contribution in [0.2, 0.25) is 0 Å². The molecule has 0 aliphatic carbocycles. The third-order valence-corrected chi connectivity index (χ3v) is 7.18. The van der Waals surface area contributed by atoms with Gasteiger partial charge in [0.15, 0.2) is 28.3 Å². The lowest BCUT2D eigenvalue weighted by Crippen LogP contribution is -2.33. The van der Waals surface area contributed by atoms with Gasteiger partial charge in [-0.05, 0) is 75.3 Å². The highest BCUT2D eigenvalue weighted by Gasteiger charge is 2.26. The SMILES string of the molecule is CC(c1nnc(SCC(=O)c2ccc3c(c2)OCCO3)n1-c1ccc(F)cc1)N1CCCCC1. The zero-order valence-corrected chi connectivity index (χ0v) is 19.9. The molecule has 0 N–H and O–H groups in total. The molecule has 0 spiro atoms. The van der Waals surface area contributed by atoms with Gasteiger partial charge < -0.3 is 9.47 Å². The van der Waals surface area contributed by atoms with Gasteiger partial charge in [-0.1, -0.05) is 18.2 Å². The first-order chi connectivity index (χ1) is 16.6. The number of rotatable bonds is 7. The van der Waals surface area contributed by atoms with Gasteiger partial charge in [-0.2, -0.15) is 0 Å². The molecule has 1 aromatic heterocycles. The normalized spacial score (nSPS) is 16.9. The molecule has 0 radical (unpaired) electrons. The van der Waals surface area contributed by atoms with E-state index in [1.807, 2.05) is 4.57 Å². The molecule has 3 heterocycles. The smallest absolute Gasteiger partial charge is 0.196 e. The average Bonchev–Trinajstić information content (AvgIpc) is 3.31. The van der Waals surface area contributed by atoms with E-state index in [2.05, 4.69) is 22.0 Å². The summed E-state index contributed by atoms with van der Waals surface area (Å²) >= 11 is 1.33. The van der Waals surface area contributed by atoms with Gasteiger partial charge in [0.2, 0.25) is 0 Å². The second-order valence-corrected chi connectivity index (χ2v) is 9.44. The van der Waals surface area contributed by atoms with Gasteiger partial charge in [0.1, 0.15) is 19.0 Å². The molecule has 5 rings (SSSR count). The van der Waals surface area contributed by atoms with Crippen molar-refractivity contribution in [1.29, 1.82) is 0 Å². The highest BCUT2D eigenvalue weighted by atomic mass is 32.2. The number of likely N-dealkylation sites (tertiary alicyclic amines) is 1. The molecule has 0 amide bonds. The minimum Gasteiger partial charge on any atom is -0.486 e. The predicted molar refractivity (Wildman–Crippen MR) is 128 cm³/mol. The topological polar surface area (TPSA) is 69.5 Å². The first-order valence-corrected chi connectivity index (χ1v) is 12.6. The van der Waals surface area contributed by atoms with Crippen LogP contribution in [-0.4, -0.2) is 57.5 Å². The Labute approximate surface area is 202 Å². The Bertz CT molecular complexity index is 1160. The molecule has 9 heteroatoms. The lowest BCUT2D eigenvalue weighted by atomic mass is 10.1. The van der Waals surface area contributed by atoms with Crippen LogP contribution >= 0.6 is 11.8 Å². The number of aromatic nitrogens is 3. The summed E-state index contributed by atoms with van der Waals surface area (Å²) in [6.07, 6.45) is 3.58. The van der Waals surface area contributed by atoms with E-state index in [9.17, 15) is 9.18 Å². The maximum atomic E-state index is 13.6. The van der Waals surface area contributed by atoms with E-state index in [1.165, 1.54) is 43.2 Å². The molecule has 34 heavy (non-hydrogen) atoms. The van der Waals surface area contributed by atoms with Crippen molar-refractivity contribution in [3.63, 3.8) is 0 Å². The Hall–Kier alpha value is -2.91. The van der Waals surface area contributed by atoms with Gasteiger partial charge in [0.25, 0.3) is 0 Å². The summed E-state index contributed by atoms with van der Waals surface area (Å²) < 4.78 is 26.7. The summed E-state index contributed by atoms with van der Waals surface area (Å²) in [6.45, 7) is 5.14. The third kappa shape index (κ3) is 4.81. The quantitative estimate of drug-likeness (QED) is 0.357. The zero-order valence-electron chi connectivity index (χ0n) is 19.1. The zero-order chi connectivity index (χ0) is 23.5. The molecule has 1 unspecified atom stereocenters. The number of hydrogen-bond acceptors (Lipinski definition) is 7. The van der Waals surface area contributed by atoms with E-state index in [4.69, 9.17) is 9.47 Å². The van der Waals surface area contributed by atoms with Crippen molar-refractivity contribution in [3.8, 4) is 17.2 Å². The molecule has 0 bridgehead atoms. The number of ketones is 1. The number of carbonyl (C=O) groups is 1. The Kier molecular flexibility index (Phi) is 6.82. The largest absolute Gasteiger partial charge is 0.486 e. The number of hydrogen-bond donors (Lipinski definition) is 0. The highest BCUT2D eigenvalue weighted by Crippen LogP contribution is 2.33. The van der Waals surface area contributed by atoms with Crippen LogP contribution < -0.4 is 9.47 Å². The molecule has 1 fully saturated rings. The van der Waals surface area contributed by atoms with E-state index in [0.717, 1.165) is 24.6 Å². The molecule has 3 aromatic rings. The standard InChI is InChI=1S/C25H27FN4O3S/c1-17(29-11-3-2-4-12-29)24-27-28-25(30(24)20-8-6-19(26)7-9-20)34-16-21(31)18-5-10-22-23(15-18)33-14-13-32-22/h5-10,15,17H,2-4,11-14,16H2,1H3. The maximum Gasteiger partial charge on any atom is 0.196 e. The van der Waals surface area contributed by atoms with Crippen molar-refractivity contribution in [2.75, 3.05) is 32.1 Å². The summed E-state index contributed by atoms with van der Waals surface area (Å²) in [4.78, 5) is 15.4. The van der Waals surface area contributed by atoms with E-state index in [-0.39, 0.29) is 23.4 Å². The van der Waals surface area contributed by atoms with Crippen molar-refractivity contribution >= 4 is 17.5 Å². The maximum absolute atomic E-state index is 13.6. The van der Waals surface area contributed by atoms with E-state index in [1.54, 1.807) is 30.3 Å². The molecule has 7 nitrogen and oxygen atoms in total. The lowest BCUT2D eigenvalue weighted by molar-refractivity contribution is 0.102. The van der Waals surface area contributed by atoms with Crippen molar-refractivity contribution in [2.45, 2.75) is 37.4 Å². The van der Waals surface area contributed by atoms with Gasteiger partial charge in [-0.25, -0.2) is 4.39 Å². The molecule has 1 atom stereocenters. The molecule has 1 saturated heterocycles. The van der Waals surface area contributed by atoms with Gasteiger partial charge in [0.05, 0.1) is 11.8 Å². The van der Waals surface area contributed by atoms with E-state index < -0.39 is 0 Å². The second kappa shape index (κ2) is 10.1. The van der Waals surface area contributed by atoms with Crippen LogP contribution in [0.15, 0.2) is 47.6 Å². The van der Waals surface area contributed by atoms with Crippen molar-refractivity contribution in [3.05, 3.63) is 59.7 Å². The summed E-state index contributed by atoms with van der Waals surface area (Å²) in [5.41, 5.74) is 1.34. The Balaban J connectivity index is 1.39. The number of nitrogens with zero attached hydrogens (tertiary/aromatic N) is 4. The molecular formula is C25H27FN4O3S. The van der Waals surface area contributed by atoms with Gasteiger partial charge in [-0.15, -0.1) is 10.2 Å². The van der Waals surface area contributed by atoms with E-state index in [0.29, 0.717) is 35.4 Å². The molecule has 2 aliphatic rings. The summed E-state index contributed by atoms with van der Waals surface area (Å²) in [5.74, 6) is 1.89. The van der Waals surface area contributed by atoms with Crippen LogP contribution in [0.25, 0.3) is 5.69 Å². The fourth-order valence-electron chi connectivity index (χ4n) is 4.38. The van der Waals surface area contributed by atoms with Crippen molar-refractivity contribution in [2.24, 2.45) is 0 Å². The number of carbonyl (C=O) groups excluding carboxylic acids is 1. The molecule has 0 saturated carbocycles. The minimum atomic E-state index is -0.301. The third-order valence-electron chi connectivity index (χ3n) is 6.25. The fraction of sp³-hybridized carbons (Fsp3) is 0.400. The van der Waals surface area contributed by atoms with Gasteiger partial charge >= 0.3 is 0 Å². The number of Topliss-reactive ketones (excluding diaryl/α,β-unsaturated/α-hetero) is 1. The molecular weight excluding hydrogens is 455 g/mol. The molecule has 178 valence electrons. The number of ether oxygens (including phenoxy) is 2. The molecule has 2 aromatic carbocycles. The summed E-state index contributed by atoms with van der Waals surface area (Å²) in [6, 6.07) is 11.6. The number of piperidine rings is 1. The molecule has 2 aliphatic heterocycles. The van der Waals surface area contributed by atoms with Crippen molar-refractivity contribution in [1.82, 2.24) is 19.7 Å². The van der Waals surface area contributed by atoms with Crippen LogP contribution in [0, 0.1) is 5.82 Å². The fourth-order valence-corrected chi connectivity index (χ4v) is 5.23. The number of benzene rings is 2. The van der Waals surface area contributed by atoms with Crippen LogP contribution in [0.5, 0.6) is 11.5 Å². The van der Waals surface area contributed by atoms with Crippen LogP contribution in [0.4, 0.5) is 4.39 Å². The van der Waals surface area contributed by atoms with Crippen LogP contribution in [-0.2, 0) is 0 Å². The lowest BCUT2D eigenvalue weighted by Gasteiger charge is -2.31. The minimum absolute atomic E-state index is 0.0405. The average molecular weight is 483 g/mol. The predicted octanol–water partition coefficient (Wildman–Crippen LogP) is 4.70. The van der Waals surface area contributed by atoms with E-state index >= 15 is 0 Å². The Morgan fingerprint density at radius 3 is 2.53 bits per heavy atom. The van der Waals surface area contributed by atoms with Gasteiger partial charge in [0, 0.05) is 11.3 Å². The van der Waals surface area contributed by atoms with Crippen molar-refractivity contribution < 1.29 is 18.7 Å². The number of thioether (sulfide) groups is 1. The Morgan fingerprint density at radius 2 is 1.76 bits per heavy atom. The first-order valence-electron chi connectivity index (χ1n) is 11.6. The first kappa shape index (κ1) is 22.9. The highest BCUT2D eigenvalue weighted by molar-refractivity contribution is 7.99. The van der Waals surface area contributed by atoms with Crippen LogP contribution in [0.3, 0.4) is 0 Å². The summed E-state index contributed by atoms with van der Waals surface area (Å²) in [7, 11) is 0. The van der Waals surface area contributed by atoms with Crippen LogP contribution in [0.1, 0.15) is 48.4 Å². The monoisotopic (exact) mass is 482 g/mol. The van der Waals surface area contributed by atoms with Gasteiger partial charge in [-0.3, -0.25) is 14.3 Å². The summed E-state index contributed by atoms with van der Waals surface area (Å²) in [5, 5.41) is 9.54. The number of fused-ring (bicyclic) bond motifs is 1. The Morgan fingerprint density at radius 1 is 1.03 bits per heavy atom. The number of halogens is 1. The second-order valence-electron chi connectivity index (χ2n) is 8.50.